The molecule has 0 saturated heterocycles. The van der Waals surface area contributed by atoms with Crippen LogP contribution in [0.5, 0.6) is 0 Å². The van der Waals surface area contributed by atoms with E-state index in [1.54, 1.807) is 36.7 Å². The molecule has 1 aromatic carbocycles. The zero-order valence-electron chi connectivity index (χ0n) is 9.00. The molecule has 0 spiro atoms. The molecular formula is C12H11N3O2. The second kappa shape index (κ2) is 4.61. The van der Waals surface area contributed by atoms with Crippen LogP contribution >= 0.6 is 0 Å². The summed E-state index contributed by atoms with van der Waals surface area (Å²) in [6, 6.07) is 3.52. The van der Waals surface area contributed by atoms with Crippen LogP contribution in [0.25, 0.3) is 17.1 Å². The first-order chi connectivity index (χ1) is 8.18. The van der Waals surface area contributed by atoms with Crippen molar-refractivity contribution >= 4 is 28.8 Å². The van der Waals surface area contributed by atoms with Gasteiger partial charge in [0.05, 0.1) is 17.5 Å². The lowest BCUT2D eigenvalue weighted by atomic mass is 10.1. The van der Waals surface area contributed by atoms with Crippen LogP contribution in [-0.2, 0) is 4.79 Å². The predicted molar refractivity (Wildman–Crippen MR) is 65.2 cm³/mol. The summed E-state index contributed by atoms with van der Waals surface area (Å²) in [5.74, 6) is -0.883. The summed E-state index contributed by atoms with van der Waals surface area (Å²) in [6.07, 6.45) is 6.35. The molecule has 17 heavy (non-hydrogen) atoms. The molecule has 86 valence electrons. The number of hydrogen-bond acceptors (Lipinski definition) is 4. The highest BCUT2D eigenvalue weighted by Crippen LogP contribution is 2.22. The van der Waals surface area contributed by atoms with E-state index in [4.69, 9.17) is 10.8 Å². The van der Waals surface area contributed by atoms with E-state index in [2.05, 4.69) is 9.97 Å². The van der Waals surface area contributed by atoms with Gasteiger partial charge in [0.25, 0.3) is 0 Å². The number of carbonyl (C=O) groups is 1. The molecule has 0 aliphatic carbocycles. The van der Waals surface area contributed by atoms with E-state index in [0.717, 1.165) is 5.52 Å². The van der Waals surface area contributed by atoms with Crippen LogP contribution in [0.2, 0.25) is 0 Å². The Morgan fingerprint density at radius 2 is 2.12 bits per heavy atom. The Balaban J connectivity index is 2.47. The van der Waals surface area contributed by atoms with E-state index >= 15 is 0 Å². The molecule has 2 rings (SSSR count). The van der Waals surface area contributed by atoms with Crippen molar-refractivity contribution in [2.75, 3.05) is 5.73 Å². The molecule has 0 fully saturated rings. The summed E-state index contributed by atoms with van der Waals surface area (Å²) in [5.41, 5.74) is 8.51. The molecule has 1 heterocycles. The highest BCUT2D eigenvalue weighted by Gasteiger charge is 2.04. The summed E-state index contributed by atoms with van der Waals surface area (Å²) in [6.45, 7) is 0. The van der Waals surface area contributed by atoms with Crippen molar-refractivity contribution in [2.45, 2.75) is 6.42 Å². The first-order valence-electron chi connectivity index (χ1n) is 5.06. The van der Waals surface area contributed by atoms with Crippen molar-refractivity contribution in [2.24, 2.45) is 0 Å². The zero-order valence-corrected chi connectivity index (χ0v) is 9.00. The number of aromatic nitrogens is 2. The van der Waals surface area contributed by atoms with Gasteiger partial charge in [-0.05, 0) is 12.1 Å². The largest absolute Gasteiger partial charge is 0.481 e. The third kappa shape index (κ3) is 2.39. The van der Waals surface area contributed by atoms with Crippen molar-refractivity contribution < 1.29 is 9.90 Å². The van der Waals surface area contributed by atoms with Crippen LogP contribution in [0.1, 0.15) is 12.0 Å². The van der Waals surface area contributed by atoms with Gasteiger partial charge in [0, 0.05) is 23.6 Å². The number of aliphatic carboxylic acids is 1. The second-order valence-corrected chi connectivity index (χ2v) is 3.49. The van der Waals surface area contributed by atoms with Gasteiger partial charge in [-0.2, -0.15) is 0 Å². The Bertz CT molecular complexity index is 593. The Kier molecular flexibility index (Phi) is 3.00. The van der Waals surface area contributed by atoms with Crippen LogP contribution in [0.4, 0.5) is 5.69 Å². The van der Waals surface area contributed by atoms with Crippen molar-refractivity contribution in [1.29, 1.82) is 0 Å². The van der Waals surface area contributed by atoms with Crippen molar-refractivity contribution in [3.05, 3.63) is 36.2 Å². The Morgan fingerprint density at radius 1 is 1.35 bits per heavy atom. The molecule has 0 radical (unpaired) electrons. The molecule has 0 unspecified atom stereocenters. The minimum absolute atomic E-state index is 0.0455. The Hall–Kier alpha value is -2.43. The Labute approximate surface area is 97.6 Å². The average Bonchev–Trinajstić information content (AvgIpc) is 2.32. The van der Waals surface area contributed by atoms with Gasteiger partial charge in [0.1, 0.15) is 0 Å². The van der Waals surface area contributed by atoms with Gasteiger partial charge in [-0.25, -0.2) is 0 Å². The quantitative estimate of drug-likeness (QED) is 0.782. The monoisotopic (exact) mass is 229 g/mol. The van der Waals surface area contributed by atoms with Crippen LogP contribution < -0.4 is 5.73 Å². The van der Waals surface area contributed by atoms with Crippen molar-refractivity contribution in [3.8, 4) is 0 Å². The van der Waals surface area contributed by atoms with Crippen LogP contribution in [0.3, 0.4) is 0 Å². The average molecular weight is 229 g/mol. The third-order valence-electron chi connectivity index (χ3n) is 2.29. The number of nitrogens with two attached hydrogens (primary N) is 1. The SMILES string of the molecule is Nc1ccc2nccnc2c1C=CCC(=O)O. The van der Waals surface area contributed by atoms with Gasteiger partial charge in [-0.15, -0.1) is 0 Å². The van der Waals surface area contributed by atoms with Gasteiger partial charge < -0.3 is 10.8 Å². The standard InChI is InChI=1S/C12H11N3O2/c13-9-4-5-10-12(15-7-6-14-10)8(9)2-1-3-11(16)17/h1-2,4-7H,3,13H2,(H,16,17). The lowest BCUT2D eigenvalue weighted by Gasteiger charge is -2.03. The second-order valence-electron chi connectivity index (χ2n) is 3.49. The number of rotatable bonds is 3. The molecule has 1 aromatic heterocycles. The maximum atomic E-state index is 10.4. The fourth-order valence-electron chi connectivity index (χ4n) is 1.53. The third-order valence-corrected chi connectivity index (χ3v) is 2.29. The van der Waals surface area contributed by atoms with E-state index in [1.165, 1.54) is 0 Å². The molecule has 5 heteroatoms. The van der Waals surface area contributed by atoms with Gasteiger partial charge in [-0.1, -0.05) is 12.2 Å². The van der Waals surface area contributed by atoms with E-state index < -0.39 is 5.97 Å². The molecule has 3 N–H and O–H groups in total. The molecule has 0 bridgehead atoms. The minimum atomic E-state index is -0.883. The number of nitrogens with zero attached hydrogens (tertiary/aromatic N) is 2. The fraction of sp³-hybridized carbons (Fsp3) is 0.0833. The highest BCUT2D eigenvalue weighted by atomic mass is 16.4. The lowest BCUT2D eigenvalue weighted by molar-refractivity contribution is -0.135. The van der Waals surface area contributed by atoms with Crippen molar-refractivity contribution in [1.82, 2.24) is 9.97 Å². The molecule has 0 atom stereocenters. The predicted octanol–water partition coefficient (Wildman–Crippen LogP) is 1.70. The molecule has 0 aliphatic heterocycles. The first kappa shape index (κ1) is 11.1. The maximum absolute atomic E-state index is 10.4. The van der Waals surface area contributed by atoms with Gasteiger partial charge in [-0.3, -0.25) is 14.8 Å². The first-order valence-corrected chi connectivity index (χ1v) is 5.06. The highest BCUT2D eigenvalue weighted by molar-refractivity contribution is 5.90. The zero-order chi connectivity index (χ0) is 12.3. The van der Waals surface area contributed by atoms with Crippen molar-refractivity contribution in [3.63, 3.8) is 0 Å². The Morgan fingerprint density at radius 3 is 2.88 bits per heavy atom. The minimum Gasteiger partial charge on any atom is -0.481 e. The maximum Gasteiger partial charge on any atom is 0.307 e. The smallest absolute Gasteiger partial charge is 0.307 e. The topological polar surface area (TPSA) is 89.1 Å². The number of carboxylic acids is 1. The lowest BCUT2D eigenvalue weighted by Crippen LogP contribution is -1.94. The van der Waals surface area contributed by atoms with E-state index in [9.17, 15) is 4.79 Å². The molecule has 0 amide bonds. The summed E-state index contributed by atoms with van der Waals surface area (Å²) in [7, 11) is 0. The molecule has 0 saturated carbocycles. The van der Waals surface area contributed by atoms with E-state index in [1.807, 2.05) is 0 Å². The molecular weight excluding hydrogens is 218 g/mol. The normalized spacial score (nSPS) is 11.1. The van der Waals surface area contributed by atoms with E-state index in [-0.39, 0.29) is 6.42 Å². The number of carboxylic acid groups (broad SMARTS) is 1. The van der Waals surface area contributed by atoms with Gasteiger partial charge in [0.15, 0.2) is 0 Å². The number of anilines is 1. The fourth-order valence-corrected chi connectivity index (χ4v) is 1.53. The van der Waals surface area contributed by atoms with Gasteiger partial charge >= 0.3 is 5.97 Å². The molecule has 0 aliphatic rings. The number of hydrogen-bond donors (Lipinski definition) is 2. The molecule has 2 aromatic rings. The summed E-state index contributed by atoms with van der Waals surface area (Å²) >= 11 is 0. The summed E-state index contributed by atoms with van der Waals surface area (Å²) < 4.78 is 0. The van der Waals surface area contributed by atoms with Gasteiger partial charge in [0.2, 0.25) is 0 Å². The van der Waals surface area contributed by atoms with Crippen LogP contribution in [0, 0.1) is 0 Å². The van der Waals surface area contributed by atoms with Crippen LogP contribution in [0.15, 0.2) is 30.6 Å². The van der Waals surface area contributed by atoms with Crippen LogP contribution in [-0.4, -0.2) is 21.0 Å². The van der Waals surface area contributed by atoms with E-state index in [0.29, 0.717) is 16.8 Å². The summed E-state index contributed by atoms with van der Waals surface area (Å²) in [5, 5.41) is 8.56. The molecule has 5 nitrogen and oxygen atoms in total. The number of nitrogen functional groups attached to an aromatic ring is 1. The number of fused-ring (bicyclic) bond motifs is 1. The number of benzene rings is 1. The summed E-state index contributed by atoms with van der Waals surface area (Å²) in [4.78, 5) is 18.8.